The van der Waals surface area contributed by atoms with Crippen LogP contribution >= 0.6 is 15.9 Å². The summed E-state index contributed by atoms with van der Waals surface area (Å²) in [5.74, 6) is -0.191. The predicted molar refractivity (Wildman–Crippen MR) is 138 cm³/mol. The van der Waals surface area contributed by atoms with Crippen LogP contribution in [0, 0.1) is 0 Å². The number of halogens is 1. The summed E-state index contributed by atoms with van der Waals surface area (Å²) in [6.07, 6.45) is -1.07. The lowest BCUT2D eigenvalue weighted by Crippen LogP contribution is -2.20. The van der Waals surface area contributed by atoms with Gasteiger partial charge in [0.2, 0.25) is 17.6 Å². The van der Waals surface area contributed by atoms with Gasteiger partial charge in [-0.3, -0.25) is 4.79 Å². The molecule has 0 saturated carbocycles. The van der Waals surface area contributed by atoms with Crippen LogP contribution in [0.15, 0.2) is 118 Å². The molecule has 1 heterocycles. The van der Waals surface area contributed by atoms with Gasteiger partial charge in [-0.05, 0) is 42.5 Å². The number of benzene rings is 4. The lowest BCUT2D eigenvalue weighted by atomic mass is 9.99. The first-order valence-corrected chi connectivity index (χ1v) is 11.9. The number of esters is 1. The van der Waals surface area contributed by atoms with Crippen molar-refractivity contribution < 1.29 is 18.7 Å². The normalized spacial score (nSPS) is 11.6. The molecule has 5 rings (SSSR count). The van der Waals surface area contributed by atoms with E-state index < -0.39 is 12.1 Å². The largest absolute Gasteiger partial charge is 0.445 e. The Morgan fingerprint density at radius 3 is 2.00 bits per heavy atom. The smallest absolute Gasteiger partial charge is 0.339 e. The summed E-state index contributed by atoms with van der Waals surface area (Å²) >= 11 is 3.43. The molecule has 0 aliphatic heterocycles. The molecule has 0 fully saturated rings. The van der Waals surface area contributed by atoms with Crippen molar-refractivity contribution in [3.8, 4) is 22.9 Å². The maximum absolute atomic E-state index is 13.2. The quantitative estimate of drug-likeness (QED) is 0.165. The molecule has 0 bridgehead atoms. The number of carbonyl (C=O) groups excluding carboxylic acids is 2. The molecule has 0 spiro atoms. The molecule has 6 nitrogen and oxygen atoms in total. The van der Waals surface area contributed by atoms with E-state index in [1.54, 1.807) is 72.8 Å². The summed E-state index contributed by atoms with van der Waals surface area (Å²) in [6.45, 7) is 0. The van der Waals surface area contributed by atoms with Crippen LogP contribution in [0.5, 0.6) is 0 Å². The average Bonchev–Trinajstić information content (AvgIpc) is 3.43. The molecule has 0 radical (unpaired) electrons. The first-order chi connectivity index (χ1) is 17.6. The molecule has 7 heteroatoms. The van der Waals surface area contributed by atoms with Crippen molar-refractivity contribution in [1.29, 1.82) is 0 Å². The molecule has 4 aromatic carbocycles. The third-order valence-electron chi connectivity index (χ3n) is 5.49. The monoisotopic (exact) mass is 538 g/mol. The van der Waals surface area contributed by atoms with Crippen LogP contribution in [0.4, 0.5) is 0 Å². The highest BCUT2D eigenvalue weighted by Gasteiger charge is 2.26. The molecule has 176 valence electrons. The van der Waals surface area contributed by atoms with Crippen LogP contribution in [0.1, 0.15) is 32.4 Å². The summed E-state index contributed by atoms with van der Waals surface area (Å²) in [5, 5.41) is 8.24. The molecule has 5 aromatic rings. The van der Waals surface area contributed by atoms with Gasteiger partial charge in [-0.25, -0.2) is 4.79 Å². The first-order valence-electron chi connectivity index (χ1n) is 11.1. The molecule has 1 atom stereocenters. The fourth-order valence-corrected chi connectivity index (χ4v) is 4.06. The van der Waals surface area contributed by atoms with E-state index in [4.69, 9.17) is 9.15 Å². The lowest BCUT2D eigenvalue weighted by molar-refractivity contribution is 0.0280. The molecular formula is C29H19BrN2O4. The van der Waals surface area contributed by atoms with E-state index in [0.717, 1.165) is 10.0 Å². The van der Waals surface area contributed by atoms with Gasteiger partial charge in [0.1, 0.15) is 0 Å². The number of rotatable bonds is 7. The van der Waals surface area contributed by atoms with Gasteiger partial charge in [-0.2, -0.15) is 0 Å². The second-order valence-corrected chi connectivity index (χ2v) is 8.84. The van der Waals surface area contributed by atoms with Gasteiger partial charge in [0.05, 0.1) is 5.56 Å². The Kier molecular flexibility index (Phi) is 6.82. The minimum absolute atomic E-state index is 0.294. The van der Waals surface area contributed by atoms with Crippen molar-refractivity contribution in [3.63, 3.8) is 0 Å². The number of aromatic nitrogens is 2. The van der Waals surface area contributed by atoms with E-state index in [9.17, 15) is 9.59 Å². The van der Waals surface area contributed by atoms with Crippen molar-refractivity contribution in [2.75, 3.05) is 0 Å². The van der Waals surface area contributed by atoms with Crippen LogP contribution in [0.2, 0.25) is 0 Å². The van der Waals surface area contributed by atoms with E-state index in [1.165, 1.54) is 0 Å². The van der Waals surface area contributed by atoms with Crippen LogP contribution in [-0.2, 0) is 4.74 Å². The minimum atomic E-state index is -1.07. The predicted octanol–water partition coefficient (Wildman–Crippen LogP) is 6.95. The van der Waals surface area contributed by atoms with Crippen LogP contribution in [0.25, 0.3) is 22.9 Å². The van der Waals surface area contributed by atoms with E-state index >= 15 is 0 Å². The average molecular weight is 539 g/mol. The van der Waals surface area contributed by atoms with Crippen LogP contribution in [0.3, 0.4) is 0 Å². The van der Waals surface area contributed by atoms with Gasteiger partial charge < -0.3 is 9.15 Å². The van der Waals surface area contributed by atoms with Crippen LogP contribution in [-0.4, -0.2) is 21.9 Å². The van der Waals surface area contributed by atoms with Gasteiger partial charge in [0.15, 0.2) is 6.10 Å². The number of ether oxygens (including phenoxy) is 1. The number of Topliss-reactive ketones (excluding diaryl/α,β-unsaturated/α-hetero) is 1. The van der Waals surface area contributed by atoms with Gasteiger partial charge in [-0.1, -0.05) is 82.7 Å². The Labute approximate surface area is 215 Å². The van der Waals surface area contributed by atoms with Gasteiger partial charge in [-0.15, -0.1) is 10.2 Å². The second-order valence-electron chi connectivity index (χ2n) is 7.93. The van der Waals surface area contributed by atoms with Gasteiger partial charge >= 0.3 is 5.97 Å². The van der Waals surface area contributed by atoms with E-state index in [1.807, 2.05) is 36.4 Å². The first kappa shape index (κ1) is 23.4. The summed E-state index contributed by atoms with van der Waals surface area (Å²) < 4.78 is 12.4. The molecular weight excluding hydrogens is 520 g/mol. The zero-order valence-corrected chi connectivity index (χ0v) is 20.5. The molecule has 0 unspecified atom stereocenters. The van der Waals surface area contributed by atoms with Crippen molar-refractivity contribution in [2.24, 2.45) is 0 Å². The lowest BCUT2D eigenvalue weighted by Gasteiger charge is -2.17. The summed E-state index contributed by atoms with van der Waals surface area (Å²) in [4.78, 5) is 26.2. The van der Waals surface area contributed by atoms with Gasteiger partial charge in [0.25, 0.3) is 0 Å². The fourth-order valence-electron chi connectivity index (χ4n) is 3.66. The Balaban J connectivity index is 1.35. The van der Waals surface area contributed by atoms with Crippen molar-refractivity contribution in [1.82, 2.24) is 10.2 Å². The number of hydrogen-bond donors (Lipinski definition) is 0. The number of hydrogen-bond acceptors (Lipinski definition) is 6. The Bertz CT molecular complexity index is 1500. The third kappa shape index (κ3) is 5.16. The highest BCUT2D eigenvalue weighted by atomic mass is 79.9. The van der Waals surface area contributed by atoms with Crippen molar-refractivity contribution in [2.45, 2.75) is 6.10 Å². The fraction of sp³-hybridized carbons (Fsp3) is 0.0345. The summed E-state index contributed by atoms with van der Waals surface area (Å²) in [7, 11) is 0. The molecule has 0 aliphatic rings. The highest BCUT2D eigenvalue weighted by Crippen LogP contribution is 2.27. The molecule has 0 amide bonds. The number of nitrogens with zero attached hydrogens (tertiary/aromatic N) is 2. The van der Waals surface area contributed by atoms with E-state index in [-0.39, 0.29) is 5.78 Å². The maximum atomic E-state index is 13.2. The molecule has 0 saturated heterocycles. The number of carbonyl (C=O) groups is 2. The highest BCUT2D eigenvalue weighted by molar-refractivity contribution is 9.10. The van der Waals surface area contributed by atoms with Crippen molar-refractivity contribution in [3.05, 3.63) is 130 Å². The Hall–Kier alpha value is -4.36. The molecule has 36 heavy (non-hydrogen) atoms. The topological polar surface area (TPSA) is 82.3 Å². The number of ketones is 1. The maximum Gasteiger partial charge on any atom is 0.339 e. The summed E-state index contributed by atoms with van der Waals surface area (Å²) in [5.41, 5.74) is 2.81. The molecule has 0 N–H and O–H groups in total. The second kappa shape index (κ2) is 10.5. The van der Waals surface area contributed by atoms with E-state index in [0.29, 0.717) is 34.0 Å². The van der Waals surface area contributed by atoms with Gasteiger partial charge in [0, 0.05) is 26.7 Å². The Morgan fingerprint density at radius 1 is 0.694 bits per heavy atom. The zero-order chi connectivity index (χ0) is 24.9. The molecule has 0 aliphatic carbocycles. The van der Waals surface area contributed by atoms with Crippen LogP contribution < -0.4 is 0 Å². The Morgan fingerprint density at radius 2 is 1.33 bits per heavy atom. The standard InChI is InChI=1S/C29H19BrN2O4/c30-24-13-7-12-23(18-24)28-32-31-27(36-28)21-14-16-22(17-15-21)29(34)35-26(20-10-5-2-6-11-20)25(33)19-8-3-1-4-9-19/h1-18,26H/t26-/m0/s1. The summed E-state index contributed by atoms with van der Waals surface area (Å²) in [6, 6.07) is 31.9. The third-order valence-corrected chi connectivity index (χ3v) is 5.98. The SMILES string of the molecule is O=C(O[C@H](C(=O)c1ccccc1)c1ccccc1)c1ccc(-c2nnc(-c3cccc(Br)c3)o2)cc1. The minimum Gasteiger partial charge on any atom is -0.445 e. The molecule has 1 aromatic heterocycles. The van der Waals surface area contributed by atoms with E-state index in [2.05, 4.69) is 26.1 Å². The van der Waals surface area contributed by atoms with Crippen molar-refractivity contribution >= 4 is 27.7 Å². The zero-order valence-electron chi connectivity index (χ0n) is 18.9.